The Balaban J connectivity index is 2.04. The number of unbranched alkanes of at least 4 members (excludes halogenated alkanes) is 12. The number of aliphatic hydroxyl groups is 1. The van der Waals surface area contributed by atoms with Crippen LogP contribution in [0.25, 0.3) is 0 Å². The zero-order valence-electron chi connectivity index (χ0n) is 24.0. The zero-order valence-corrected chi connectivity index (χ0v) is 24.0. The van der Waals surface area contributed by atoms with Gasteiger partial charge in [-0.15, -0.1) is 0 Å². The van der Waals surface area contributed by atoms with Gasteiger partial charge in [-0.25, -0.2) is 0 Å². The number of hydrogen-bond donors (Lipinski definition) is 2. The Bertz CT molecular complexity index is 556. The van der Waals surface area contributed by atoms with Crippen LogP contribution in [-0.4, -0.2) is 83.9 Å². The average Bonchev–Trinajstić information content (AvgIpc) is 3.71. The molecule has 0 aromatic rings. The summed E-state index contributed by atoms with van der Waals surface area (Å²) in [7, 11) is 0. The van der Waals surface area contributed by atoms with Crippen LogP contribution in [0.3, 0.4) is 0 Å². The lowest BCUT2D eigenvalue weighted by Gasteiger charge is -2.27. The van der Waals surface area contributed by atoms with Crippen LogP contribution in [0.1, 0.15) is 129 Å². The van der Waals surface area contributed by atoms with E-state index in [1.807, 2.05) is 0 Å². The van der Waals surface area contributed by atoms with Crippen molar-refractivity contribution in [2.45, 2.75) is 135 Å². The molecule has 1 saturated carbocycles. The lowest BCUT2D eigenvalue weighted by Crippen LogP contribution is -2.38. The molecule has 0 aromatic carbocycles. The van der Waals surface area contributed by atoms with Gasteiger partial charge in [0, 0.05) is 38.5 Å². The molecule has 1 aliphatic rings. The van der Waals surface area contributed by atoms with E-state index in [9.17, 15) is 14.7 Å². The van der Waals surface area contributed by atoms with Gasteiger partial charge in [-0.05, 0) is 58.0 Å². The average molecular weight is 527 g/mol. The highest BCUT2D eigenvalue weighted by Gasteiger charge is 2.28. The fourth-order valence-electron chi connectivity index (χ4n) is 4.88. The molecule has 0 aromatic heterocycles. The van der Waals surface area contributed by atoms with E-state index < -0.39 is 5.97 Å². The number of carboxylic acid groups (broad SMARTS) is 1. The summed E-state index contributed by atoms with van der Waals surface area (Å²) < 4.78 is 5.42. The monoisotopic (exact) mass is 526 g/mol. The number of esters is 1. The molecule has 0 amide bonds. The number of carbonyl (C=O) groups is 2. The van der Waals surface area contributed by atoms with Crippen LogP contribution in [-0.2, 0) is 14.3 Å². The lowest BCUT2D eigenvalue weighted by molar-refractivity contribution is -0.144. The SMILES string of the molecule is CCCCCCCCCCCOC(=O)CCCCCN(CCN(CCO)CCCCCC(=O)O)C1CC1. The molecule has 1 rings (SSSR count). The smallest absolute Gasteiger partial charge is 0.305 e. The number of hydrogen-bond acceptors (Lipinski definition) is 6. The van der Waals surface area contributed by atoms with Crippen molar-refractivity contribution in [3.8, 4) is 0 Å². The highest BCUT2D eigenvalue weighted by molar-refractivity contribution is 5.69. The van der Waals surface area contributed by atoms with E-state index in [-0.39, 0.29) is 19.0 Å². The van der Waals surface area contributed by atoms with Crippen LogP contribution >= 0.6 is 0 Å². The Labute approximate surface area is 227 Å². The third kappa shape index (κ3) is 21.4. The summed E-state index contributed by atoms with van der Waals surface area (Å²) >= 11 is 0. The van der Waals surface area contributed by atoms with Crippen LogP contribution in [0, 0.1) is 0 Å². The molecular weight excluding hydrogens is 468 g/mol. The van der Waals surface area contributed by atoms with Crippen LogP contribution in [0.5, 0.6) is 0 Å². The third-order valence-corrected chi connectivity index (χ3v) is 7.39. The zero-order chi connectivity index (χ0) is 27.0. The molecular formula is C30H58N2O5. The number of nitrogens with zero attached hydrogens (tertiary/aromatic N) is 2. The van der Waals surface area contributed by atoms with E-state index in [1.165, 1.54) is 64.2 Å². The summed E-state index contributed by atoms with van der Waals surface area (Å²) in [6.45, 7) is 7.62. The van der Waals surface area contributed by atoms with Crippen molar-refractivity contribution in [3.63, 3.8) is 0 Å². The van der Waals surface area contributed by atoms with E-state index in [1.54, 1.807) is 0 Å². The molecule has 0 heterocycles. The van der Waals surface area contributed by atoms with Crippen molar-refractivity contribution in [2.75, 3.05) is 45.9 Å². The van der Waals surface area contributed by atoms with Crippen LogP contribution < -0.4 is 0 Å². The van der Waals surface area contributed by atoms with Crippen molar-refractivity contribution < 1.29 is 24.5 Å². The van der Waals surface area contributed by atoms with Gasteiger partial charge in [-0.1, -0.05) is 71.1 Å². The van der Waals surface area contributed by atoms with Crippen LogP contribution in [0.4, 0.5) is 0 Å². The summed E-state index contributed by atoms with van der Waals surface area (Å²) in [6, 6.07) is 0.702. The van der Waals surface area contributed by atoms with Gasteiger partial charge >= 0.3 is 11.9 Å². The van der Waals surface area contributed by atoms with Crippen LogP contribution in [0.2, 0.25) is 0 Å². The Morgan fingerprint density at radius 1 is 0.703 bits per heavy atom. The molecule has 0 spiro atoms. The number of carboxylic acids is 1. The van der Waals surface area contributed by atoms with Gasteiger partial charge in [0.1, 0.15) is 0 Å². The molecule has 7 heteroatoms. The molecule has 0 atom stereocenters. The topological polar surface area (TPSA) is 90.3 Å². The molecule has 0 aliphatic heterocycles. The van der Waals surface area contributed by atoms with E-state index in [0.717, 1.165) is 71.1 Å². The minimum absolute atomic E-state index is 0.0402. The first-order chi connectivity index (χ1) is 18.1. The van der Waals surface area contributed by atoms with E-state index >= 15 is 0 Å². The highest BCUT2D eigenvalue weighted by atomic mass is 16.5. The molecule has 0 radical (unpaired) electrons. The summed E-state index contributed by atoms with van der Waals surface area (Å²) in [6.07, 6.45) is 20.5. The maximum Gasteiger partial charge on any atom is 0.305 e. The summed E-state index contributed by atoms with van der Waals surface area (Å²) in [5, 5.41) is 18.2. The van der Waals surface area contributed by atoms with E-state index in [0.29, 0.717) is 25.6 Å². The minimum Gasteiger partial charge on any atom is -0.481 e. The summed E-state index contributed by atoms with van der Waals surface area (Å²) in [4.78, 5) is 27.5. The molecule has 1 fully saturated rings. The molecule has 218 valence electrons. The van der Waals surface area contributed by atoms with Gasteiger partial charge in [0.2, 0.25) is 0 Å². The summed E-state index contributed by atoms with van der Waals surface area (Å²) in [5.41, 5.74) is 0. The van der Waals surface area contributed by atoms with E-state index in [2.05, 4.69) is 16.7 Å². The molecule has 7 nitrogen and oxygen atoms in total. The first-order valence-electron chi connectivity index (χ1n) is 15.5. The maximum absolute atomic E-state index is 12.0. The van der Waals surface area contributed by atoms with Gasteiger partial charge in [0.05, 0.1) is 13.2 Å². The van der Waals surface area contributed by atoms with Gasteiger partial charge in [-0.2, -0.15) is 0 Å². The maximum atomic E-state index is 12.0. The number of aliphatic hydroxyl groups excluding tert-OH is 1. The molecule has 0 saturated heterocycles. The highest BCUT2D eigenvalue weighted by Crippen LogP contribution is 2.27. The lowest BCUT2D eigenvalue weighted by atomic mass is 10.1. The Morgan fingerprint density at radius 3 is 1.92 bits per heavy atom. The third-order valence-electron chi connectivity index (χ3n) is 7.39. The fraction of sp³-hybridized carbons (Fsp3) is 0.933. The van der Waals surface area contributed by atoms with Gasteiger partial charge in [0.25, 0.3) is 0 Å². The Kier molecular flexibility index (Phi) is 21.9. The Hall–Kier alpha value is -1.18. The van der Waals surface area contributed by atoms with Crippen molar-refractivity contribution in [3.05, 3.63) is 0 Å². The Morgan fingerprint density at radius 2 is 1.30 bits per heavy atom. The minimum atomic E-state index is -0.724. The second kappa shape index (κ2) is 23.9. The molecule has 37 heavy (non-hydrogen) atoms. The van der Waals surface area contributed by atoms with Gasteiger partial charge in [0.15, 0.2) is 0 Å². The molecule has 0 unspecified atom stereocenters. The molecule has 2 N–H and O–H groups in total. The standard InChI is InChI=1S/C30H58N2O5/c1-2-3-4-5-6-7-8-9-16-27-37-30(36)18-13-11-15-22-32(28-19-20-28)24-23-31(25-26-33)21-14-10-12-17-29(34)35/h28,33H,2-27H2,1H3,(H,34,35). The van der Waals surface area contributed by atoms with Crippen molar-refractivity contribution in [2.24, 2.45) is 0 Å². The predicted molar refractivity (Wildman–Crippen MR) is 151 cm³/mol. The van der Waals surface area contributed by atoms with Crippen molar-refractivity contribution in [1.82, 2.24) is 9.80 Å². The van der Waals surface area contributed by atoms with Crippen LogP contribution in [0.15, 0.2) is 0 Å². The number of aliphatic carboxylic acids is 1. The second-order valence-corrected chi connectivity index (χ2v) is 10.9. The van der Waals surface area contributed by atoms with Crippen molar-refractivity contribution in [1.29, 1.82) is 0 Å². The fourth-order valence-corrected chi connectivity index (χ4v) is 4.88. The first kappa shape index (κ1) is 33.8. The largest absolute Gasteiger partial charge is 0.481 e. The quantitative estimate of drug-likeness (QED) is 0.0951. The number of rotatable bonds is 28. The summed E-state index contributed by atoms with van der Waals surface area (Å²) in [5.74, 6) is -0.764. The molecule has 0 bridgehead atoms. The van der Waals surface area contributed by atoms with E-state index in [4.69, 9.17) is 9.84 Å². The second-order valence-electron chi connectivity index (χ2n) is 10.9. The molecule has 1 aliphatic carbocycles. The first-order valence-corrected chi connectivity index (χ1v) is 15.5. The van der Waals surface area contributed by atoms with Gasteiger partial charge in [-0.3, -0.25) is 19.4 Å². The normalized spacial score (nSPS) is 13.5. The number of carbonyl (C=O) groups excluding carboxylic acids is 1. The van der Waals surface area contributed by atoms with Gasteiger partial charge < -0.3 is 14.9 Å². The van der Waals surface area contributed by atoms with Crippen molar-refractivity contribution >= 4 is 11.9 Å². The number of ether oxygens (including phenoxy) is 1. The predicted octanol–water partition coefficient (Wildman–Crippen LogP) is 6.02.